The Kier molecular flexibility index (Phi) is 34.5. The van der Waals surface area contributed by atoms with Crippen LogP contribution in [0.1, 0.15) is 200 Å². The first-order chi connectivity index (χ1) is 23.0. The van der Waals surface area contributed by atoms with Crippen molar-refractivity contribution in [3.8, 4) is 0 Å². The molecule has 0 aromatic carbocycles. The van der Waals surface area contributed by atoms with Gasteiger partial charge in [-0.05, 0) is 116 Å². The predicted molar refractivity (Wildman–Crippen MR) is 210 cm³/mol. The van der Waals surface area contributed by atoms with Gasteiger partial charge in [-0.15, -0.1) is 0 Å². The summed E-state index contributed by atoms with van der Waals surface area (Å²) in [5.74, 6) is -0.602. The number of unbranched alkanes of at least 4 members (excludes halogenated alkanes) is 18. The van der Waals surface area contributed by atoms with E-state index in [0.29, 0.717) is 6.42 Å². The zero-order valence-electron chi connectivity index (χ0n) is 32.1. The van der Waals surface area contributed by atoms with E-state index < -0.39 is 5.97 Å². The summed E-state index contributed by atoms with van der Waals surface area (Å²) in [5, 5.41) is 9.90. The Morgan fingerprint density at radius 2 is 0.830 bits per heavy atom. The summed E-state index contributed by atoms with van der Waals surface area (Å²) in [6, 6.07) is 0. The van der Waals surface area contributed by atoms with Crippen molar-refractivity contribution in [1.82, 2.24) is 4.90 Å². The third-order valence-corrected chi connectivity index (χ3v) is 9.65. The summed E-state index contributed by atoms with van der Waals surface area (Å²) in [7, 11) is 4.26. The molecular formula is C44H81NO2. The fraction of sp³-hybridized carbons (Fsp3) is 0.795. The van der Waals surface area contributed by atoms with Crippen LogP contribution in [0.3, 0.4) is 0 Å². The number of carboxylic acid groups (broad SMARTS) is 1. The number of carbonyl (C=O) groups is 1. The van der Waals surface area contributed by atoms with Gasteiger partial charge >= 0.3 is 5.97 Å². The first-order valence-corrected chi connectivity index (χ1v) is 20.4. The van der Waals surface area contributed by atoms with E-state index in [4.69, 9.17) is 0 Å². The van der Waals surface area contributed by atoms with Gasteiger partial charge in [-0.25, -0.2) is 0 Å². The van der Waals surface area contributed by atoms with Crippen molar-refractivity contribution >= 4 is 5.97 Å². The number of rotatable bonds is 36. The van der Waals surface area contributed by atoms with Crippen LogP contribution in [0.5, 0.6) is 0 Å². The Hall–Kier alpha value is -1.61. The van der Waals surface area contributed by atoms with E-state index in [1.807, 2.05) is 0 Å². The highest BCUT2D eigenvalue weighted by molar-refractivity contribution is 5.67. The summed E-state index contributed by atoms with van der Waals surface area (Å²) >= 11 is 0. The molecule has 1 N–H and O–H groups in total. The molecule has 0 aliphatic carbocycles. The molecule has 0 atom stereocenters. The number of carboxylic acids is 1. The van der Waals surface area contributed by atoms with Crippen LogP contribution < -0.4 is 0 Å². The average Bonchev–Trinajstić information content (AvgIpc) is 3.04. The molecule has 0 rings (SSSR count). The van der Waals surface area contributed by atoms with Gasteiger partial charge in [0, 0.05) is 0 Å². The highest BCUT2D eigenvalue weighted by Crippen LogP contribution is 2.40. The van der Waals surface area contributed by atoms with Crippen LogP contribution in [-0.2, 0) is 4.79 Å². The fourth-order valence-electron chi connectivity index (χ4n) is 6.71. The molecule has 0 saturated carbocycles. The Morgan fingerprint density at radius 1 is 0.489 bits per heavy atom. The number of hydrogen-bond donors (Lipinski definition) is 1. The SMILES string of the molecule is CCCCC/C=C\C/C=C\CCCCCCCCC(CCCCCCCC/C=C\C/C=C\CCCCC)(CCCN(C)C)CC(=O)O. The van der Waals surface area contributed by atoms with Crippen molar-refractivity contribution in [2.24, 2.45) is 5.41 Å². The second-order valence-corrected chi connectivity index (χ2v) is 14.6. The summed E-state index contributed by atoms with van der Waals surface area (Å²) in [5.41, 5.74) is -0.0215. The molecule has 0 unspecified atom stereocenters. The molecule has 0 aromatic rings. The summed E-state index contributed by atoms with van der Waals surface area (Å²) in [4.78, 5) is 14.3. The van der Waals surface area contributed by atoms with Crippen LogP contribution in [0.15, 0.2) is 48.6 Å². The van der Waals surface area contributed by atoms with Crippen molar-refractivity contribution in [2.45, 2.75) is 200 Å². The van der Waals surface area contributed by atoms with Crippen LogP contribution in [0.4, 0.5) is 0 Å². The minimum atomic E-state index is -0.602. The summed E-state index contributed by atoms with van der Waals surface area (Å²) in [6.45, 7) is 5.57. The van der Waals surface area contributed by atoms with Gasteiger partial charge in [-0.2, -0.15) is 0 Å². The van der Waals surface area contributed by atoms with Crippen LogP contribution in [0.25, 0.3) is 0 Å². The van der Waals surface area contributed by atoms with Gasteiger partial charge in [0.2, 0.25) is 0 Å². The van der Waals surface area contributed by atoms with Crippen molar-refractivity contribution in [3.05, 3.63) is 48.6 Å². The van der Waals surface area contributed by atoms with Crippen molar-refractivity contribution < 1.29 is 9.90 Å². The number of hydrogen-bond acceptors (Lipinski definition) is 2. The molecule has 0 spiro atoms. The zero-order chi connectivity index (χ0) is 34.5. The van der Waals surface area contributed by atoms with Gasteiger partial charge in [0.15, 0.2) is 0 Å². The summed E-state index contributed by atoms with van der Waals surface area (Å²) in [6.07, 6.45) is 53.5. The Balaban J connectivity index is 4.29. The minimum absolute atomic E-state index is 0.0215. The normalized spacial score (nSPS) is 12.7. The lowest BCUT2D eigenvalue weighted by atomic mass is 9.72. The molecule has 274 valence electrons. The first kappa shape index (κ1) is 45.4. The van der Waals surface area contributed by atoms with E-state index in [1.54, 1.807) is 0 Å². The minimum Gasteiger partial charge on any atom is -0.481 e. The molecular weight excluding hydrogens is 574 g/mol. The second-order valence-electron chi connectivity index (χ2n) is 14.6. The maximum absolute atomic E-state index is 12.0. The predicted octanol–water partition coefficient (Wildman–Crippen LogP) is 14.2. The van der Waals surface area contributed by atoms with Gasteiger partial charge in [0.1, 0.15) is 0 Å². The van der Waals surface area contributed by atoms with Crippen LogP contribution in [0, 0.1) is 5.41 Å². The quantitative estimate of drug-likeness (QED) is 0.0539. The molecule has 0 saturated heterocycles. The molecule has 47 heavy (non-hydrogen) atoms. The Morgan fingerprint density at radius 3 is 1.19 bits per heavy atom. The maximum atomic E-state index is 12.0. The van der Waals surface area contributed by atoms with Crippen molar-refractivity contribution in [3.63, 3.8) is 0 Å². The maximum Gasteiger partial charge on any atom is 0.303 e. The molecule has 0 amide bonds. The first-order valence-electron chi connectivity index (χ1n) is 20.4. The highest BCUT2D eigenvalue weighted by Gasteiger charge is 2.31. The van der Waals surface area contributed by atoms with Gasteiger partial charge in [0.25, 0.3) is 0 Å². The smallest absolute Gasteiger partial charge is 0.303 e. The molecule has 0 heterocycles. The third kappa shape index (κ3) is 34.1. The zero-order valence-corrected chi connectivity index (χ0v) is 32.1. The van der Waals surface area contributed by atoms with E-state index in [9.17, 15) is 9.90 Å². The third-order valence-electron chi connectivity index (χ3n) is 9.65. The monoisotopic (exact) mass is 656 g/mol. The molecule has 0 radical (unpaired) electrons. The highest BCUT2D eigenvalue weighted by atomic mass is 16.4. The lowest BCUT2D eigenvalue weighted by Crippen LogP contribution is -2.27. The van der Waals surface area contributed by atoms with Crippen LogP contribution in [0.2, 0.25) is 0 Å². The Bertz CT molecular complexity index is 730. The molecule has 0 bridgehead atoms. The second kappa shape index (κ2) is 35.7. The van der Waals surface area contributed by atoms with E-state index in [1.165, 1.54) is 141 Å². The van der Waals surface area contributed by atoms with Gasteiger partial charge in [-0.3, -0.25) is 4.79 Å². The molecule has 0 aromatic heterocycles. The standard InChI is InChI=1S/C44H81NO2/c1-5-7-9-11-13-15-17-19-21-23-25-27-29-31-33-35-38-44(42-43(46)47,40-37-41-45(3)4)39-36-34-32-30-28-26-24-22-20-18-16-14-12-10-8-6-2/h13-16,19-22H,5-12,17-18,23-42H2,1-4H3,(H,46,47)/b15-13-,16-14-,21-19-,22-20-. The number of nitrogens with zero attached hydrogens (tertiary/aromatic N) is 1. The molecule has 0 aliphatic heterocycles. The van der Waals surface area contributed by atoms with Crippen molar-refractivity contribution in [2.75, 3.05) is 20.6 Å². The van der Waals surface area contributed by atoms with E-state index >= 15 is 0 Å². The average molecular weight is 656 g/mol. The molecule has 3 nitrogen and oxygen atoms in total. The molecule has 0 fully saturated rings. The van der Waals surface area contributed by atoms with E-state index in [-0.39, 0.29) is 5.41 Å². The van der Waals surface area contributed by atoms with Gasteiger partial charge in [-0.1, -0.05) is 152 Å². The number of allylic oxidation sites excluding steroid dienone is 8. The van der Waals surface area contributed by atoms with Crippen LogP contribution >= 0.6 is 0 Å². The van der Waals surface area contributed by atoms with Crippen LogP contribution in [-0.4, -0.2) is 36.6 Å². The molecule has 0 aliphatic rings. The van der Waals surface area contributed by atoms with E-state index in [2.05, 4.69) is 81.5 Å². The largest absolute Gasteiger partial charge is 0.481 e. The topological polar surface area (TPSA) is 40.5 Å². The lowest BCUT2D eigenvalue weighted by molar-refractivity contribution is -0.140. The Labute approximate surface area is 294 Å². The van der Waals surface area contributed by atoms with Gasteiger partial charge < -0.3 is 10.0 Å². The fourth-order valence-corrected chi connectivity index (χ4v) is 6.71. The summed E-state index contributed by atoms with van der Waals surface area (Å²) < 4.78 is 0. The van der Waals surface area contributed by atoms with Crippen molar-refractivity contribution in [1.29, 1.82) is 0 Å². The van der Waals surface area contributed by atoms with E-state index in [0.717, 1.165) is 45.1 Å². The molecule has 3 heteroatoms. The lowest BCUT2D eigenvalue weighted by Gasteiger charge is -2.33. The number of aliphatic carboxylic acids is 1. The van der Waals surface area contributed by atoms with Gasteiger partial charge in [0.05, 0.1) is 6.42 Å².